The lowest BCUT2D eigenvalue weighted by atomic mass is 10.0. The van der Waals surface area contributed by atoms with Crippen LogP contribution in [0.3, 0.4) is 0 Å². The molecule has 116 valence electrons. The summed E-state index contributed by atoms with van der Waals surface area (Å²) in [5, 5.41) is 22.6. The van der Waals surface area contributed by atoms with Crippen molar-refractivity contribution in [3.63, 3.8) is 0 Å². The quantitative estimate of drug-likeness (QED) is 0.637. The van der Waals surface area contributed by atoms with Gasteiger partial charge in [-0.1, -0.05) is 29.8 Å². The van der Waals surface area contributed by atoms with Gasteiger partial charge in [-0.25, -0.2) is 0 Å². The summed E-state index contributed by atoms with van der Waals surface area (Å²) < 4.78 is 0. The van der Waals surface area contributed by atoms with Gasteiger partial charge in [-0.05, 0) is 35.4 Å². The largest absolute Gasteiger partial charge is 0.388 e. The van der Waals surface area contributed by atoms with Gasteiger partial charge < -0.3 is 10.4 Å². The smallest absolute Gasteiger partial charge is 0.221 e. The molecule has 1 amide bonds. The van der Waals surface area contributed by atoms with Crippen molar-refractivity contribution in [2.24, 2.45) is 0 Å². The van der Waals surface area contributed by atoms with Crippen LogP contribution in [0, 0.1) is 0 Å². The highest BCUT2D eigenvalue weighted by molar-refractivity contribution is 6.30. The number of amides is 1. The van der Waals surface area contributed by atoms with E-state index >= 15 is 0 Å². The predicted molar refractivity (Wildman–Crippen MR) is 86.3 cm³/mol. The fraction of sp³-hybridized carbons (Fsp3) is 0.188. The number of carbonyl (C=O) groups excluding carboxylic acids is 1. The summed E-state index contributed by atoms with van der Waals surface area (Å²) in [7, 11) is 0. The van der Waals surface area contributed by atoms with Crippen LogP contribution in [0.5, 0.6) is 0 Å². The zero-order valence-corrected chi connectivity index (χ0v) is 12.8. The molecule has 0 aromatic heterocycles. The highest BCUT2D eigenvalue weighted by Gasteiger charge is 2.11. The molecule has 2 rings (SSSR count). The molecular weight excluding hydrogens is 304 g/mol. The average Bonchev–Trinajstić information content (AvgIpc) is 2.49. The monoisotopic (exact) mass is 320 g/mol. The Hall–Kier alpha value is -2.08. The first-order chi connectivity index (χ1) is 10.5. The average molecular weight is 321 g/mol. The van der Waals surface area contributed by atoms with Crippen molar-refractivity contribution in [1.82, 2.24) is 0 Å². The molecule has 4 N–H and O–H groups in total. The van der Waals surface area contributed by atoms with Gasteiger partial charge in [-0.2, -0.15) is 0 Å². The maximum Gasteiger partial charge on any atom is 0.221 e. The van der Waals surface area contributed by atoms with Crippen molar-refractivity contribution in [3.05, 3.63) is 58.6 Å². The van der Waals surface area contributed by atoms with Gasteiger partial charge in [0.1, 0.15) is 0 Å². The van der Waals surface area contributed by atoms with E-state index in [9.17, 15) is 9.90 Å². The van der Waals surface area contributed by atoms with E-state index in [1.54, 1.807) is 42.5 Å². The number of nitrogens with one attached hydrogen (secondary N) is 2. The Morgan fingerprint density at radius 2 is 1.86 bits per heavy atom. The molecule has 0 aliphatic heterocycles. The van der Waals surface area contributed by atoms with Gasteiger partial charge >= 0.3 is 0 Å². The van der Waals surface area contributed by atoms with E-state index in [4.69, 9.17) is 16.8 Å². The van der Waals surface area contributed by atoms with Crippen LogP contribution in [0.4, 0.5) is 11.4 Å². The van der Waals surface area contributed by atoms with E-state index in [1.807, 2.05) is 5.48 Å². The maximum atomic E-state index is 11.1. The minimum Gasteiger partial charge on any atom is -0.388 e. The summed E-state index contributed by atoms with van der Waals surface area (Å²) in [5.41, 5.74) is 4.46. The first-order valence-corrected chi connectivity index (χ1v) is 7.11. The number of hydrogen-bond acceptors (Lipinski definition) is 4. The van der Waals surface area contributed by atoms with E-state index in [-0.39, 0.29) is 5.91 Å². The summed E-state index contributed by atoms with van der Waals surface area (Å²) in [6.07, 6.45) is -0.313. The molecule has 0 spiro atoms. The third-order valence-electron chi connectivity index (χ3n) is 3.20. The lowest BCUT2D eigenvalue weighted by molar-refractivity contribution is -0.114. The second kappa shape index (κ2) is 7.26. The summed E-state index contributed by atoms with van der Waals surface area (Å²) >= 11 is 5.82. The molecule has 2 aromatic carbocycles. The number of halogens is 1. The van der Waals surface area contributed by atoms with Gasteiger partial charge in [-0.3, -0.25) is 15.5 Å². The third kappa shape index (κ3) is 4.21. The van der Waals surface area contributed by atoms with Crippen molar-refractivity contribution in [2.45, 2.75) is 19.4 Å². The third-order valence-corrected chi connectivity index (χ3v) is 3.45. The van der Waals surface area contributed by atoms with Crippen molar-refractivity contribution < 1.29 is 15.1 Å². The number of hydrogen-bond donors (Lipinski definition) is 4. The molecule has 0 saturated heterocycles. The van der Waals surface area contributed by atoms with Crippen molar-refractivity contribution in [1.29, 1.82) is 0 Å². The SMILES string of the molecule is CC(=O)Nc1ccc(CC(O)c2ccc(Cl)cc2)cc1NO. The first-order valence-electron chi connectivity index (χ1n) is 6.73. The van der Waals surface area contributed by atoms with Crippen molar-refractivity contribution >= 4 is 28.9 Å². The maximum absolute atomic E-state index is 11.1. The lowest BCUT2D eigenvalue weighted by Crippen LogP contribution is -2.09. The van der Waals surface area contributed by atoms with Crippen LogP contribution in [-0.4, -0.2) is 16.2 Å². The van der Waals surface area contributed by atoms with Crippen LogP contribution in [-0.2, 0) is 11.2 Å². The van der Waals surface area contributed by atoms with Gasteiger partial charge in [0.05, 0.1) is 17.5 Å². The Labute approximate surface area is 133 Å². The Bertz CT molecular complexity index is 659. The molecule has 0 saturated carbocycles. The van der Waals surface area contributed by atoms with Crippen LogP contribution in [0.15, 0.2) is 42.5 Å². The standard InChI is InChI=1S/C16H17ClN2O3/c1-10(20)18-14-7-2-11(8-15(14)19-22)9-16(21)12-3-5-13(17)6-4-12/h2-8,16,19,21-22H,9H2,1H3,(H,18,20). The first kappa shape index (κ1) is 16.3. The molecule has 22 heavy (non-hydrogen) atoms. The number of rotatable bonds is 5. The topological polar surface area (TPSA) is 81.6 Å². The zero-order chi connectivity index (χ0) is 16.1. The Morgan fingerprint density at radius 3 is 2.45 bits per heavy atom. The lowest BCUT2D eigenvalue weighted by Gasteiger charge is -2.14. The minimum absolute atomic E-state index is 0.231. The Kier molecular flexibility index (Phi) is 5.38. The molecule has 6 heteroatoms. The van der Waals surface area contributed by atoms with Gasteiger partial charge in [0, 0.05) is 18.4 Å². The second-order valence-corrected chi connectivity index (χ2v) is 5.38. The number of aliphatic hydroxyl groups is 1. The van der Waals surface area contributed by atoms with Gasteiger partial charge in [0.2, 0.25) is 5.91 Å². The highest BCUT2D eigenvalue weighted by Crippen LogP contribution is 2.26. The van der Waals surface area contributed by atoms with Crippen LogP contribution in [0.2, 0.25) is 5.02 Å². The summed E-state index contributed by atoms with van der Waals surface area (Å²) in [6, 6.07) is 12.1. The van der Waals surface area contributed by atoms with E-state index in [2.05, 4.69) is 5.32 Å². The van der Waals surface area contributed by atoms with Crippen LogP contribution >= 0.6 is 11.6 Å². The normalized spacial score (nSPS) is 11.8. The molecule has 0 aliphatic rings. The van der Waals surface area contributed by atoms with E-state index in [0.29, 0.717) is 22.8 Å². The number of carbonyl (C=O) groups is 1. The molecule has 0 fully saturated rings. The number of aliphatic hydroxyl groups excluding tert-OH is 1. The van der Waals surface area contributed by atoms with E-state index < -0.39 is 6.10 Å². The Balaban J connectivity index is 2.15. The Morgan fingerprint density at radius 1 is 1.18 bits per heavy atom. The molecule has 1 unspecified atom stereocenters. The van der Waals surface area contributed by atoms with Gasteiger partial charge in [-0.15, -0.1) is 0 Å². The molecule has 0 heterocycles. The van der Waals surface area contributed by atoms with Crippen LogP contribution in [0.25, 0.3) is 0 Å². The molecule has 0 radical (unpaired) electrons. The number of benzene rings is 2. The van der Waals surface area contributed by atoms with Crippen LogP contribution in [0.1, 0.15) is 24.2 Å². The van der Waals surface area contributed by atoms with Gasteiger partial charge in [0.25, 0.3) is 0 Å². The van der Waals surface area contributed by atoms with E-state index in [1.165, 1.54) is 6.92 Å². The molecule has 0 aliphatic carbocycles. The molecule has 1 atom stereocenters. The highest BCUT2D eigenvalue weighted by atomic mass is 35.5. The fourth-order valence-electron chi connectivity index (χ4n) is 2.14. The number of anilines is 2. The van der Waals surface area contributed by atoms with Gasteiger partial charge in [0.15, 0.2) is 0 Å². The van der Waals surface area contributed by atoms with Crippen LogP contribution < -0.4 is 10.8 Å². The van der Waals surface area contributed by atoms with E-state index in [0.717, 1.165) is 11.1 Å². The second-order valence-electron chi connectivity index (χ2n) is 4.94. The molecule has 5 nitrogen and oxygen atoms in total. The predicted octanol–water partition coefficient (Wildman–Crippen LogP) is 3.38. The molecule has 2 aromatic rings. The van der Waals surface area contributed by atoms with Crippen molar-refractivity contribution in [2.75, 3.05) is 10.8 Å². The molecule has 0 bridgehead atoms. The zero-order valence-electron chi connectivity index (χ0n) is 12.0. The van der Waals surface area contributed by atoms with Crippen molar-refractivity contribution in [3.8, 4) is 0 Å². The summed E-state index contributed by atoms with van der Waals surface area (Å²) in [4.78, 5) is 11.1. The summed E-state index contributed by atoms with van der Waals surface area (Å²) in [5.74, 6) is -0.231. The molecular formula is C16H17ClN2O3. The fourth-order valence-corrected chi connectivity index (χ4v) is 2.26. The minimum atomic E-state index is -0.685. The summed E-state index contributed by atoms with van der Waals surface area (Å²) in [6.45, 7) is 1.39.